The summed E-state index contributed by atoms with van der Waals surface area (Å²) in [5.41, 5.74) is 2.01. The summed E-state index contributed by atoms with van der Waals surface area (Å²) in [6.45, 7) is 1.97. The Kier molecular flexibility index (Phi) is 5.99. The number of aryl methyl sites for hydroxylation is 1. The van der Waals surface area contributed by atoms with Crippen molar-refractivity contribution in [3.05, 3.63) is 108 Å². The Balaban J connectivity index is 1.69. The van der Waals surface area contributed by atoms with Gasteiger partial charge in [-0.3, -0.25) is 24.5 Å². The number of nitro benzene ring substituents is 1. The van der Waals surface area contributed by atoms with Crippen LogP contribution in [-0.4, -0.2) is 29.7 Å². The number of hydrogen-bond acceptors (Lipinski definition) is 7. The zero-order valence-electron chi connectivity index (χ0n) is 16.9. The molecule has 0 spiro atoms. The molecule has 0 fully saturated rings. The molecule has 4 aromatic rings. The van der Waals surface area contributed by atoms with Gasteiger partial charge in [-0.1, -0.05) is 36.0 Å². The summed E-state index contributed by atoms with van der Waals surface area (Å²) in [6, 6.07) is 15.5. The summed E-state index contributed by atoms with van der Waals surface area (Å²) < 4.78 is 1.86. The molecular weight excluding hydrogens is 432 g/mol. The van der Waals surface area contributed by atoms with Gasteiger partial charge in [0.25, 0.3) is 11.2 Å². The molecule has 10 nitrogen and oxygen atoms in total. The van der Waals surface area contributed by atoms with E-state index in [1.165, 1.54) is 30.0 Å². The highest BCUT2D eigenvalue weighted by Gasteiger charge is 2.17. The fourth-order valence-corrected chi connectivity index (χ4v) is 4.14. The molecular formula is C21H18N6O4S. The topological polar surface area (TPSA) is 140 Å². The molecule has 2 aromatic carbocycles. The lowest BCUT2D eigenvalue weighted by molar-refractivity contribution is -0.384. The van der Waals surface area contributed by atoms with Crippen LogP contribution in [0.1, 0.15) is 22.6 Å². The molecule has 2 N–H and O–H groups in total. The minimum atomic E-state index is -0.589. The van der Waals surface area contributed by atoms with Gasteiger partial charge in [0, 0.05) is 41.8 Å². The lowest BCUT2D eigenvalue weighted by Crippen LogP contribution is -2.23. The number of nitro groups is 1. The monoisotopic (exact) mass is 450 g/mol. The number of rotatable bonds is 7. The second-order valence-corrected chi connectivity index (χ2v) is 8.02. The molecule has 11 heteroatoms. The third-order valence-corrected chi connectivity index (χ3v) is 5.61. The van der Waals surface area contributed by atoms with Gasteiger partial charge in [0.05, 0.1) is 4.92 Å². The highest BCUT2D eigenvalue weighted by Crippen LogP contribution is 2.27. The van der Waals surface area contributed by atoms with E-state index >= 15 is 0 Å². The quantitative estimate of drug-likeness (QED) is 0.251. The number of nitrogens with one attached hydrogen (secondary N) is 2. The number of benzene rings is 2. The average molecular weight is 450 g/mol. The van der Waals surface area contributed by atoms with Crippen molar-refractivity contribution in [2.75, 3.05) is 0 Å². The molecule has 162 valence electrons. The number of thioether (sulfide) groups is 1. The van der Waals surface area contributed by atoms with Gasteiger partial charge in [-0.2, -0.15) is 0 Å². The summed E-state index contributed by atoms with van der Waals surface area (Å²) in [7, 11) is 0. The number of non-ortho nitro benzene ring substituents is 1. The second-order valence-electron chi connectivity index (χ2n) is 7.08. The van der Waals surface area contributed by atoms with Gasteiger partial charge in [0.1, 0.15) is 5.82 Å². The van der Waals surface area contributed by atoms with Crippen molar-refractivity contribution in [1.82, 2.24) is 24.7 Å². The molecule has 4 rings (SSSR count). The summed E-state index contributed by atoms with van der Waals surface area (Å²) in [4.78, 5) is 38.7. The van der Waals surface area contributed by atoms with Crippen molar-refractivity contribution in [3.8, 4) is 5.69 Å². The van der Waals surface area contributed by atoms with E-state index in [0.717, 1.165) is 16.8 Å². The van der Waals surface area contributed by atoms with Crippen LogP contribution < -0.4 is 11.2 Å². The third-order valence-electron chi connectivity index (χ3n) is 4.61. The molecule has 0 aliphatic rings. The predicted octanol–water partition coefficient (Wildman–Crippen LogP) is 2.74. The zero-order chi connectivity index (χ0) is 22.7. The van der Waals surface area contributed by atoms with E-state index in [-0.39, 0.29) is 12.1 Å². The Labute approximate surface area is 185 Å². The molecule has 0 saturated carbocycles. The summed E-state index contributed by atoms with van der Waals surface area (Å²) in [6.07, 6.45) is 0.192. The first-order valence-electron chi connectivity index (χ1n) is 9.59. The van der Waals surface area contributed by atoms with E-state index < -0.39 is 16.2 Å². The normalized spacial score (nSPS) is 10.9. The zero-order valence-corrected chi connectivity index (χ0v) is 17.8. The van der Waals surface area contributed by atoms with Crippen molar-refractivity contribution in [2.45, 2.75) is 24.3 Å². The number of aromatic nitrogens is 5. The van der Waals surface area contributed by atoms with Crippen molar-refractivity contribution in [2.24, 2.45) is 0 Å². The highest BCUT2D eigenvalue weighted by atomic mass is 32.2. The Morgan fingerprint density at radius 1 is 1.06 bits per heavy atom. The fourth-order valence-electron chi connectivity index (χ4n) is 3.23. The molecule has 0 saturated heterocycles. The molecule has 2 heterocycles. The number of H-pyrrole nitrogens is 2. The maximum absolute atomic E-state index is 11.7. The van der Waals surface area contributed by atoms with Crippen molar-refractivity contribution >= 4 is 17.4 Å². The standard InChI is InChI=1S/C21H18N6O4S/c1-13-4-2-6-16(8-13)26-18(10-15-11-19(28)23-20(29)22-15)24-25-21(26)32-12-14-5-3-7-17(9-14)27(30)31/h2-9,11H,10,12H2,1H3,(H2,22,23,28,29). The fraction of sp³-hybridized carbons (Fsp3) is 0.143. The van der Waals surface area contributed by atoms with Crippen LogP contribution in [0.3, 0.4) is 0 Å². The SMILES string of the molecule is Cc1cccc(-n2c(Cc3cc(=O)[nH]c(=O)[nH]3)nnc2SCc2cccc([N+](=O)[O-])c2)c1. The van der Waals surface area contributed by atoms with Gasteiger partial charge >= 0.3 is 5.69 Å². The van der Waals surface area contributed by atoms with E-state index in [1.807, 2.05) is 41.8 Å². The maximum Gasteiger partial charge on any atom is 0.325 e. The molecule has 0 aliphatic heterocycles. The van der Waals surface area contributed by atoms with Crippen molar-refractivity contribution < 1.29 is 4.92 Å². The third kappa shape index (κ3) is 4.83. The van der Waals surface area contributed by atoms with Gasteiger partial charge in [-0.05, 0) is 30.2 Å². The molecule has 0 amide bonds. The van der Waals surface area contributed by atoms with Gasteiger partial charge in [0.2, 0.25) is 0 Å². The molecule has 0 atom stereocenters. The number of nitrogens with zero attached hydrogens (tertiary/aromatic N) is 4. The Bertz CT molecular complexity index is 1380. The van der Waals surface area contributed by atoms with E-state index in [1.54, 1.807) is 6.07 Å². The van der Waals surface area contributed by atoms with Crippen LogP contribution in [-0.2, 0) is 12.2 Å². The highest BCUT2D eigenvalue weighted by molar-refractivity contribution is 7.98. The summed E-state index contributed by atoms with van der Waals surface area (Å²) in [5, 5.41) is 20.2. The molecule has 0 aliphatic carbocycles. The summed E-state index contributed by atoms with van der Waals surface area (Å²) in [5.74, 6) is 0.992. The molecule has 0 unspecified atom stereocenters. The average Bonchev–Trinajstić information content (AvgIpc) is 3.14. The van der Waals surface area contributed by atoms with Crippen molar-refractivity contribution in [3.63, 3.8) is 0 Å². The van der Waals surface area contributed by atoms with Crippen LogP contribution in [0.4, 0.5) is 5.69 Å². The van der Waals surface area contributed by atoms with Crippen molar-refractivity contribution in [1.29, 1.82) is 0 Å². The van der Waals surface area contributed by atoms with Crippen LogP contribution in [0, 0.1) is 17.0 Å². The minimum Gasteiger partial charge on any atom is -0.311 e. The van der Waals surface area contributed by atoms with Gasteiger partial charge in [-0.25, -0.2) is 4.79 Å². The Morgan fingerprint density at radius 2 is 1.88 bits per heavy atom. The molecule has 32 heavy (non-hydrogen) atoms. The second kappa shape index (κ2) is 9.02. The van der Waals surface area contributed by atoms with E-state index in [2.05, 4.69) is 20.2 Å². The summed E-state index contributed by atoms with van der Waals surface area (Å²) >= 11 is 1.39. The molecule has 2 aromatic heterocycles. The lowest BCUT2D eigenvalue weighted by atomic mass is 10.2. The minimum absolute atomic E-state index is 0.0298. The number of hydrogen-bond donors (Lipinski definition) is 2. The Morgan fingerprint density at radius 3 is 2.62 bits per heavy atom. The van der Waals surface area contributed by atoms with Crippen LogP contribution in [0.25, 0.3) is 5.69 Å². The molecule has 0 bridgehead atoms. The maximum atomic E-state index is 11.7. The van der Waals surface area contributed by atoms with Crippen LogP contribution >= 0.6 is 11.8 Å². The van der Waals surface area contributed by atoms with Gasteiger partial charge < -0.3 is 4.98 Å². The van der Waals surface area contributed by atoms with E-state index in [4.69, 9.17) is 0 Å². The first-order valence-corrected chi connectivity index (χ1v) is 10.6. The van der Waals surface area contributed by atoms with Gasteiger partial charge in [0.15, 0.2) is 5.16 Å². The van der Waals surface area contributed by atoms with Crippen LogP contribution in [0.5, 0.6) is 0 Å². The number of aromatic amines is 2. The first-order chi connectivity index (χ1) is 15.4. The van der Waals surface area contributed by atoms with Crippen LogP contribution in [0.2, 0.25) is 0 Å². The largest absolute Gasteiger partial charge is 0.325 e. The van der Waals surface area contributed by atoms with E-state index in [0.29, 0.717) is 22.4 Å². The van der Waals surface area contributed by atoms with Gasteiger partial charge in [-0.15, -0.1) is 10.2 Å². The lowest BCUT2D eigenvalue weighted by Gasteiger charge is -2.11. The Hall–Kier alpha value is -3.99. The van der Waals surface area contributed by atoms with E-state index in [9.17, 15) is 19.7 Å². The predicted molar refractivity (Wildman–Crippen MR) is 119 cm³/mol. The first kappa shape index (κ1) is 21.2. The van der Waals surface area contributed by atoms with Crippen LogP contribution in [0.15, 0.2) is 69.3 Å². The molecule has 0 radical (unpaired) electrons. The smallest absolute Gasteiger partial charge is 0.311 e.